The summed E-state index contributed by atoms with van der Waals surface area (Å²) < 4.78 is 1.58. The lowest BCUT2D eigenvalue weighted by Crippen LogP contribution is -2.28. The second-order valence-electron chi connectivity index (χ2n) is 6.26. The summed E-state index contributed by atoms with van der Waals surface area (Å²) in [4.78, 5) is 32.9. The third kappa shape index (κ3) is 3.45. The number of aromatic nitrogens is 2. The third-order valence-electron chi connectivity index (χ3n) is 4.51. The second-order valence-corrected chi connectivity index (χ2v) is 9.32. The molecule has 0 aromatic carbocycles. The van der Waals surface area contributed by atoms with Crippen LogP contribution in [0.2, 0.25) is 0 Å². The molecule has 3 aromatic heterocycles. The highest BCUT2D eigenvalue weighted by Gasteiger charge is 2.22. The van der Waals surface area contributed by atoms with Gasteiger partial charge in [-0.15, -0.1) is 22.7 Å². The maximum absolute atomic E-state index is 12.7. The smallest absolute Gasteiger partial charge is 0.262 e. The Morgan fingerprint density at radius 2 is 2.31 bits per heavy atom. The molecule has 0 saturated carbocycles. The fraction of sp³-hybridized carbons (Fsp3) is 0.389. The number of nitrogens with one attached hydrogen (secondary N) is 1. The van der Waals surface area contributed by atoms with Crippen LogP contribution in [0.25, 0.3) is 10.2 Å². The van der Waals surface area contributed by atoms with Gasteiger partial charge in [-0.05, 0) is 42.7 Å². The number of carbonyl (C=O) groups is 1. The first-order valence-corrected chi connectivity index (χ1v) is 11.2. The molecule has 0 fully saturated rings. The Labute approximate surface area is 163 Å². The van der Waals surface area contributed by atoms with Crippen molar-refractivity contribution in [1.82, 2.24) is 14.9 Å². The van der Waals surface area contributed by atoms with E-state index in [1.165, 1.54) is 27.1 Å². The van der Waals surface area contributed by atoms with Crippen LogP contribution in [0.5, 0.6) is 0 Å². The highest BCUT2D eigenvalue weighted by Crippen LogP contribution is 2.35. The summed E-state index contributed by atoms with van der Waals surface area (Å²) in [5.41, 5.74) is 1.20. The summed E-state index contributed by atoms with van der Waals surface area (Å²) in [6.45, 7) is 0.628. The molecule has 0 aliphatic heterocycles. The lowest BCUT2D eigenvalue weighted by molar-refractivity contribution is -0.118. The van der Waals surface area contributed by atoms with Crippen LogP contribution >= 0.6 is 34.4 Å². The van der Waals surface area contributed by atoms with Gasteiger partial charge in [-0.3, -0.25) is 14.2 Å². The molecule has 0 radical (unpaired) electrons. The quantitative estimate of drug-likeness (QED) is 0.506. The zero-order valence-corrected chi connectivity index (χ0v) is 16.9. The average Bonchev–Trinajstić information content (AvgIpc) is 3.33. The van der Waals surface area contributed by atoms with E-state index in [1.54, 1.807) is 34.3 Å². The van der Waals surface area contributed by atoms with E-state index in [1.807, 2.05) is 11.4 Å². The lowest BCUT2D eigenvalue weighted by Gasteiger charge is -2.08. The molecular formula is C18H19N3O2S3. The molecule has 3 heterocycles. The van der Waals surface area contributed by atoms with E-state index in [-0.39, 0.29) is 17.2 Å². The van der Waals surface area contributed by atoms with Crippen molar-refractivity contribution in [3.63, 3.8) is 0 Å². The monoisotopic (exact) mass is 405 g/mol. The van der Waals surface area contributed by atoms with Gasteiger partial charge in [-0.25, -0.2) is 4.98 Å². The van der Waals surface area contributed by atoms with E-state index in [0.717, 1.165) is 35.9 Å². The number of hydrogen-bond acceptors (Lipinski definition) is 6. The Hall–Kier alpha value is -1.64. The second kappa shape index (κ2) is 7.54. The fourth-order valence-corrected chi connectivity index (χ4v) is 6.01. The Morgan fingerprint density at radius 3 is 3.12 bits per heavy atom. The van der Waals surface area contributed by atoms with Crippen LogP contribution in [0.15, 0.2) is 27.5 Å². The van der Waals surface area contributed by atoms with Gasteiger partial charge in [0.05, 0.1) is 11.1 Å². The molecule has 1 aliphatic rings. The van der Waals surface area contributed by atoms with Crippen LogP contribution in [0.1, 0.15) is 21.7 Å². The number of aryl methyl sites for hydroxylation is 2. The van der Waals surface area contributed by atoms with E-state index in [4.69, 9.17) is 0 Å². The molecule has 1 N–H and O–H groups in total. The number of amides is 1. The Bertz CT molecular complexity index is 1010. The number of fused-ring (bicyclic) bond motifs is 3. The summed E-state index contributed by atoms with van der Waals surface area (Å²) in [6.07, 6.45) is 4.00. The number of thiophene rings is 2. The molecule has 4 rings (SSSR count). The number of rotatable bonds is 6. The van der Waals surface area contributed by atoms with Gasteiger partial charge in [0.1, 0.15) is 4.83 Å². The van der Waals surface area contributed by atoms with E-state index in [9.17, 15) is 9.59 Å². The van der Waals surface area contributed by atoms with Crippen molar-refractivity contribution < 1.29 is 4.79 Å². The molecule has 0 saturated heterocycles. The molecule has 0 bridgehead atoms. The molecule has 1 aliphatic carbocycles. The van der Waals surface area contributed by atoms with E-state index >= 15 is 0 Å². The molecule has 0 spiro atoms. The summed E-state index contributed by atoms with van der Waals surface area (Å²) >= 11 is 4.65. The summed E-state index contributed by atoms with van der Waals surface area (Å²) in [6, 6.07) is 4.08. The maximum Gasteiger partial charge on any atom is 0.262 e. The number of thioether (sulfide) groups is 1. The Balaban J connectivity index is 1.41. The molecular weight excluding hydrogens is 386 g/mol. The molecule has 3 aromatic rings. The van der Waals surface area contributed by atoms with Gasteiger partial charge in [-0.1, -0.05) is 17.8 Å². The summed E-state index contributed by atoms with van der Waals surface area (Å²) in [5, 5.41) is 6.36. The van der Waals surface area contributed by atoms with E-state index in [2.05, 4.69) is 16.4 Å². The third-order valence-corrected chi connectivity index (χ3v) is 7.66. The number of carbonyl (C=O) groups excluding carboxylic acids is 1. The molecule has 5 nitrogen and oxygen atoms in total. The average molecular weight is 406 g/mol. The van der Waals surface area contributed by atoms with Gasteiger partial charge < -0.3 is 5.32 Å². The van der Waals surface area contributed by atoms with Gasteiger partial charge in [0, 0.05) is 23.3 Å². The van der Waals surface area contributed by atoms with E-state index in [0.29, 0.717) is 11.7 Å². The van der Waals surface area contributed by atoms with Crippen LogP contribution in [0.4, 0.5) is 0 Å². The van der Waals surface area contributed by atoms with Crippen LogP contribution in [0.3, 0.4) is 0 Å². The zero-order chi connectivity index (χ0) is 18.1. The summed E-state index contributed by atoms with van der Waals surface area (Å²) in [7, 11) is 1.74. The van der Waals surface area contributed by atoms with Gasteiger partial charge in [0.15, 0.2) is 5.16 Å². The fourth-order valence-electron chi connectivity index (χ4n) is 3.20. The largest absolute Gasteiger partial charge is 0.355 e. The standard InChI is InChI=1S/C18H19N3O2S3/c1-21-17(23)15-12-5-2-6-13(12)26-16(15)20-18(21)25-10-14(22)19-8-7-11-4-3-9-24-11/h3-4,9H,2,5-8,10H2,1H3,(H,19,22). The number of nitrogens with zero attached hydrogens (tertiary/aromatic N) is 2. The molecule has 26 heavy (non-hydrogen) atoms. The normalized spacial score (nSPS) is 13.3. The van der Waals surface area contributed by atoms with Crippen molar-refractivity contribution in [1.29, 1.82) is 0 Å². The van der Waals surface area contributed by atoms with Gasteiger partial charge >= 0.3 is 0 Å². The topological polar surface area (TPSA) is 64.0 Å². The minimum Gasteiger partial charge on any atom is -0.355 e. The van der Waals surface area contributed by atoms with Gasteiger partial charge in [0.2, 0.25) is 5.91 Å². The Kier molecular flexibility index (Phi) is 5.15. The van der Waals surface area contributed by atoms with Gasteiger partial charge in [-0.2, -0.15) is 0 Å². The molecule has 136 valence electrons. The molecule has 1 amide bonds. The SMILES string of the molecule is Cn1c(SCC(=O)NCCc2cccs2)nc2sc3c(c2c1=O)CCC3. The van der Waals surface area contributed by atoms with Crippen molar-refractivity contribution in [2.75, 3.05) is 12.3 Å². The van der Waals surface area contributed by atoms with Crippen molar-refractivity contribution >= 4 is 50.6 Å². The predicted molar refractivity (Wildman–Crippen MR) is 109 cm³/mol. The molecule has 0 unspecified atom stereocenters. The van der Waals surface area contributed by atoms with Crippen LogP contribution in [0, 0.1) is 0 Å². The first-order chi connectivity index (χ1) is 12.6. The minimum atomic E-state index is -0.0328. The maximum atomic E-state index is 12.7. The van der Waals surface area contributed by atoms with Crippen molar-refractivity contribution in [2.45, 2.75) is 30.8 Å². The highest BCUT2D eigenvalue weighted by molar-refractivity contribution is 7.99. The van der Waals surface area contributed by atoms with Crippen LogP contribution in [-0.4, -0.2) is 27.8 Å². The van der Waals surface area contributed by atoms with E-state index < -0.39 is 0 Å². The van der Waals surface area contributed by atoms with Crippen LogP contribution < -0.4 is 10.9 Å². The lowest BCUT2D eigenvalue weighted by atomic mass is 10.2. The van der Waals surface area contributed by atoms with Crippen molar-refractivity contribution in [3.8, 4) is 0 Å². The first kappa shape index (κ1) is 17.8. The number of hydrogen-bond donors (Lipinski definition) is 1. The zero-order valence-electron chi connectivity index (χ0n) is 14.4. The molecule has 0 atom stereocenters. The molecule has 8 heteroatoms. The van der Waals surface area contributed by atoms with Crippen LogP contribution in [-0.2, 0) is 31.1 Å². The highest BCUT2D eigenvalue weighted by atomic mass is 32.2. The van der Waals surface area contributed by atoms with Crippen molar-refractivity contribution in [2.24, 2.45) is 7.05 Å². The first-order valence-electron chi connectivity index (χ1n) is 8.56. The van der Waals surface area contributed by atoms with Crippen molar-refractivity contribution in [3.05, 3.63) is 43.2 Å². The predicted octanol–water partition coefficient (Wildman–Crippen LogP) is 3.00. The Morgan fingerprint density at radius 1 is 1.42 bits per heavy atom. The van der Waals surface area contributed by atoms with Gasteiger partial charge in [0.25, 0.3) is 5.56 Å². The minimum absolute atomic E-state index is 0.00926. The summed E-state index contributed by atoms with van der Waals surface area (Å²) in [5.74, 6) is 0.232.